The van der Waals surface area contributed by atoms with Gasteiger partial charge >= 0.3 is 12.0 Å². The summed E-state index contributed by atoms with van der Waals surface area (Å²) in [6.07, 6.45) is 0. The highest BCUT2D eigenvalue weighted by Crippen LogP contribution is 2.26. The monoisotopic (exact) mass is 467 g/mol. The van der Waals surface area contributed by atoms with E-state index in [9.17, 15) is 18.0 Å². The zero-order chi connectivity index (χ0) is 24.2. The number of carbonyl (C=O) groups excluding carboxylic acids is 2. The molecule has 0 saturated heterocycles. The summed E-state index contributed by atoms with van der Waals surface area (Å²) in [5.41, 5.74) is 7.99. The Morgan fingerprint density at radius 3 is 2.15 bits per heavy atom. The number of esters is 1. The number of carbonyl (C=O) groups is 2. The van der Waals surface area contributed by atoms with E-state index in [1.165, 1.54) is 31.3 Å². The summed E-state index contributed by atoms with van der Waals surface area (Å²) in [5.74, 6) is -0.545. The fraction of sp³-hybridized carbons (Fsp3) is 0.167. The molecule has 0 fully saturated rings. The molecular weight excluding hydrogens is 442 g/mol. The first-order valence-electron chi connectivity index (χ1n) is 10.1. The topological polar surface area (TPSA) is 119 Å². The molecule has 2 amide bonds. The third-order valence-electron chi connectivity index (χ3n) is 5.21. The standard InChI is InChI=1S/C24H25N3O5S/c1-16-9-14-21(15-17(16)2)33(30,31)27(3)19-10-12-20(13-11-19)32-23(28)22(26-24(25)29)18-7-5-4-6-8-18/h4-15,22H,1-3H3,(H3,25,26,29)/t22-/m1/s1. The number of ether oxygens (including phenoxy) is 1. The Morgan fingerprint density at radius 2 is 1.58 bits per heavy atom. The van der Waals surface area contributed by atoms with Crippen molar-refractivity contribution in [3.63, 3.8) is 0 Å². The lowest BCUT2D eigenvalue weighted by Gasteiger charge is -2.21. The van der Waals surface area contributed by atoms with Gasteiger partial charge in [-0.25, -0.2) is 18.0 Å². The molecule has 1 atom stereocenters. The van der Waals surface area contributed by atoms with E-state index in [2.05, 4.69) is 5.32 Å². The minimum atomic E-state index is -3.77. The summed E-state index contributed by atoms with van der Waals surface area (Å²) in [6, 6.07) is 17.6. The van der Waals surface area contributed by atoms with Gasteiger partial charge in [-0.3, -0.25) is 4.31 Å². The molecule has 0 aromatic heterocycles. The van der Waals surface area contributed by atoms with Gasteiger partial charge in [-0.15, -0.1) is 0 Å². The van der Waals surface area contributed by atoms with Gasteiger partial charge in [-0.1, -0.05) is 36.4 Å². The molecule has 0 unspecified atom stereocenters. The van der Waals surface area contributed by atoms with E-state index >= 15 is 0 Å². The molecule has 172 valence electrons. The average Bonchev–Trinajstić information content (AvgIpc) is 2.79. The first kappa shape index (κ1) is 23.8. The molecule has 9 heteroatoms. The number of nitrogens with one attached hydrogen (secondary N) is 1. The van der Waals surface area contributed by atoms with Crippen LogP contribution in [0.4, 0.5) is 10.5 Å². The molecule has 0 saturated carbocycles. The molecule has 0 spiro atoms. The number of hydrogen-bond donors (Lipinski definition) is 2. The van der Waals surface area contributed by atoms with Gasteiger partial charge < -0.3 is 15.8 Å². The maximum absolute atomic E-state index is 13.0. The second-order valence-corrected chi connectivity index (χ2v) is 9.46. The van der Waals surface area contributed by atoms with Crippen molar-refractivity contribution in [3.8, 4) is 5.75 Å². The Hall–Kier alpha value is -3.85. The van der Waals surface area contributed by atoms with E-state index in [0.717, 1.165) is 15.4 Å². The number of primary amides is 1. The highest BCUT2D eigenvalue weighted by Gasteiger charge is 2.25. The van der Waals surface area contributed by atoms with E-state index in [1.54, 1.807) is 48.5 Å². The number of hydrogen-bond acceptors (Lipinski definition) is 5. The first-order valence-corrected chi connectivity index (χ1v) is 11.5. The van der Waals surface area contributed by atoms with Crippen molar-refractivity contribution in [3.05, 3.63) is 89.5 Å². The van der Waals surface area contributed by atoms with Gasteiger partial charge in [0.05, 0.1) is 10.6 Å². The Bertz CT molecular complexity index is 1260. The summed E-state index contributed by atoms with van der Waals surface area (Å²) in [7, 11) is -2.31. The number of rotatable bonds is 7. The van der Waals surface area contributed by atoms with E-state index in [4.69, 9.17) is 10.5 Å². The Kier molecular flexibility index (Phi) is 7.03. The molecule has 0 heterocycles. The van der Waals surface area contributed by atoms with E-state index in [-0.39, 0.29) is 10.6 Å². The van der Waals surface area contributed by atoms with Crippen LogP contribution in [0.25, 0.3) is 0 Å². The number of amides is 2. The minimum absolute atomic E-state index is 0.187. The lowest BCUT2D eigenvalue weighted by atomic mass is 10.1. The van der Waals surface area contributed by atoms with Gasteiger partial charge in [0.25, 0.3) is 10.0 Å². The van der Waals surface area contributed by atoms with Crippen molar-refractivity contribution in [1.29, 1.82) is 0 Å². The number of aryl methyl sites for hydroxylation is 2. The van der Waals surface area contributed by atoms with Crippen LogP contribution < -0.4 is 20.1 Å². The average molecular weight is 468 g/mol. The van der Waals surface area contributed by atoms with Crippen molar-refractivity contribution >= 4 is 27.7 Å². The van der Waals surface area contributed by atoms with Gasteiger partial charge in [-0.2, -0.15) is 0 Å². The van der Waals surface area contributed by atoms with E-state index < -0.39 is 28.1 Å². The lowest BCUT2D eigenvalue weighted by molar-refractivity contribution is -0.136. The molecule has 3 N–H and O–H groups in total. The predicted molar refractivity (Wildman–Crippen MR) is 125 cm³/mol. The summed E-state index contributed by atoms with van der Waals surface area (Å²) in [4.78, 5) is 24.2. The third-order valence-corrected chi connectivity index (χ3v) is 6.99. The number of nitrogens with two attached hydrogens (primary N) is 1. The quantitative estimate of drug-likeness (QED) is 0.408. The van der Waals surface area contributed by atoms with E-state index in [1.807, 2.05) is 13.8 Å². The van der Waals surface area contributed by atoms with Crippen LogP contribution in [0.3, 0.4) is 0 Å². The normalized spacial score (nSPS) is 12.0. The summed E-state index contributed by atoms with van der Waals surface area (Å²) < 4.78 is 32.5. The van der Waals surface area contributed by atoms with Crippen LogP contribution in [-0.2, 0) is 14.8 Å². The van der Waals surface area contributed by atoms with Crippen molar-refractivity contribution in [2.24, 2.45) is 5.73 Å². The van der Waals surface area contributed by atoms with Gasteiger partial charge in [0, 0.05) is 7.05 Å². The summed E-state index contributed by atoms with van der Waals surface area (Å²) >= 11 is 0. The van der Waals surface area contributed by atoms with Gasteiger partial charge in [0.15, 0.2) is 6.04 Å². The summed E-state index contributed by atoms with van der Waals surface area (Å²) in [6.45, 7) is 3.77. The maximum atomic E-state index is 13.0. The highest BCUT2D eigenvalue weighted by molar-refractivity contribution is 7.92. The Labute approximate surface area is 193 Å². The maximum Gasteiger partial charge on any atom is 0.338 e. The molecule has 33 heavy (non-hydrogen) atoms. The van der Waals surface area contributed by atoms with Gasteiger partial charge in [0.1, 0.15) is 5.75 Å². The zero-order valence-electron chi connectivity index (χ0n) is 18.5. The zero-order valence-corrected chi connectivity index (χ0v) is 19.3. The lowest BCUT2D eigenvalue weighted by Crippen LogP contribution is -2.39. The Balaban J connectivity index is 1.78. The van der Waals surface area contributed by atoms with Crippen LogP contribution in [-0.4, -0.2) is 27.5 Å². The van der Waals surface area contributed by atoms with Gasteiger partial charge in [0.2, 0.25) is 0 Å². The summed E-state index contributed by atoms with van der Waals surface area (Å²) in [5, 5.41) is 2.37. The predicted octanol–water partition coefficient (Wildman–Crippen LogP) is 3.44. The number of nitrogens with zero attached hydrogens (tertiary/aromatic N) is 1. The Morgan fingerprint density at radius 1 is 0.939 bits per heavy atom. The molecule has 3 aromatic carbocycles. The smallest absolute Gasteiger partial charge is 0.338 e. The largest absolute Gasteiger partial charge is 0.425 e. The van der Waals surface area contributed by atoms with Crippen LogP contribution in [0.15, 0.2) is 77.7 Å². The van der Waals surface area contributed by atoms with Crippen LogP contribution in [0, 0.1) is 13.8 Å². The van der Waals surface area contributed by atoms with E-state index in [0.29, 0.717) is 11.3 Å². The second kappa shape index (κ2) is 9.74. The molecule has 0 radical (unpaired) electrons. The van der Waals surface area contributed by atoms with Crippen molar-refractivity contribution in [2.75, 3.05) is 11.4 Å². The molecule has 8 nitrogen and oxygen atoms in total. The fourth-order valence-corrected chi connectivity index (χ4v) is 4.42. The molecule has 0 aliphatic rings. The molecule has 0 aliphatic heterocycles. The molecular formula is C24H25N3O5S. The molecule has 0 aliphatic carbocycles. The van der Waals surface area contributed by atoms with Gasteiger partial charge in [-0.05, 0) is 66.9 Å². The van der Waals surface area contributed by atoms with Crippen molar-refractivity contribution < 1.29 is 22.7 Å². The van der Waals surface area contributed by atoms with Crippen LogP contribution in [0.1, 0.15) is 22.7 Å². The number of benzene rings is 3. The molecule has 3 aromatic rings. The first-order chi connectivity index (χ1) is 15.6. The fourth-order valence-electron chi connectivity index (χ4n) is 3.14. The highest BCUT2D eigenvalue weighted by atomic mass is 32.2. The number of urea groups is 1. The number of sulfonamides is 1. The van der Waals surface area contributed by atoms with Crippen LogP contribution in [0.2, 0.25) is 0 Å². The van der Waals surface area contributed by atoms with Crippen molar-refractivity contribution in [2.45, 2.75) is 24.8 Å². The SMILES string of the molecule is Cc1ccc(S(=O)(=O)N(C)c2ccc(OC(=O)[C@H](NC(N)=O)c3ccccc3)cc2)cc1C. The van der Waals surface area contributed by atoms with Crippen LogP contribution >= 0.6 is 0 Å². The number of anilines is 1. The van der Waals surface area contributed by atoms with Crippen LogP contribution in [0.5, 0.6) is 5.75 Å². The third kappa shape index (κ3) is 5.50. The molecule has 3 rings (SSSR count). The second-order valence-electron chi connectivity index (χ2n) is 7.49. The molecule has 0 bridgehead atoms. The van der Waals surface area contributed by atoms with Crippen molar-refractivity contribution in [1.82, 2.24) is 5.32 Å². The minimum Gasteiger partial charge on any atom is -0.425 e.